The maximum atomic E-state index is 12.7. The molecule has 0 atom stereocenters. The van der Waals surface area contributed by atoms with Crippen LogP contribution in [-0.4, -0.2) is 43.0 Å². The van der Waals surface area contributed by atoms with Crippen molar-refractivity contribution in [2.45, 2.75) is 32.8 Å². The number of methoxy groups -OCH3 is 1. The molecule has 6 heteroatoms. The van der Waals surface area contributed by atoms with Crippen molar-refractivity contribution in [2.24, 2.45) is 5.92 Å². The third kappa shape index (κ3) is 5.28. The van der Waals surface area contributed by atoms with Crippen LogP contribution in [0.2, 0.25) is 0 Å². The van der Waals surface area contributed by atoms with Gasteiger partial charge in [-0.3, -0.25) is 9.59 Å². The Kier molecular flexibility index (Phi) is 6.75. The van der Waals surface area contributed by atoms with E-state index in [0.29, 0.717) is 48.7 Å². The fourth-order valence-corrected chi connectivity index (χ4v) is 3.44. The van der Waals surface area contributed by atoms with Gasteiger partial charge in [0.15, 0.2) is 0 Å². The molecule has 1 aliphatic rings. The minimum Gasteiger partial charge on any atom is -0.497 e. The number of nitrogens with zero attached hydrogens (tertiary/aromatic N) is 1. The minimum absolute atomic E-state index is 0.0268. The molecule has 1 N–H and O–H groups in total. The van der Waals surface area contributed by atoms with Crippen molar-refractivity contribution >= 4 is 17.5 Å². The Hall–Kier alpha value is -3.02. The van der Waals surface area contributed by atoms with Gasteiger partial charge in [0, 0.05) is 24.6 Å². The van der Waals surface area contributed by atoms with Crippen molar-refractivity contribution in [3.63, 3.8) is 0 Å². The summed E-state index contributed by atoms with van der Waals surface area (Å²) >= 11 is 0. The lowest BCUT2D eigenvalue weighted by molar-refractivity contribution is -0.121. The summed E-state index contributed by atoms with van der Waals surface area (Å²) in [4.78, 5) is 27.3. The quantitative estimate of drug-likeness (QED) is 0.802. The average molecular weight is 396 g/mol. The van der Waals surface area contributed by atoms with Gasteiger partial charge >= 0.3 is 0 Å². The van der Waals surface area contributed by atoms with E-state index in [0.717, 1.165) is 0 Å². The molecule has 0 bridgehead atoms. The zero-order valence-electron chi connectivity index (χ0n) is 17.2. The van der Waals surface area contributed by atoms with Crippen molar-refractivity contribution in [2.75, 3.05) is 25.5 Å². The lowest BCUT2D eigenvalue weighted by atomic mass is 9.95. The SMILES string of the molecule is COc1cccc(C(=O)N2CCC(C(=O)Nc3ccccc3OC(C)C)CC2)c1. The first-order valence-electron chi connectivity index (χ1n) is 9.98. The van der Waals surface area contributed by atoms with Gasteiger partial charge in [0.2, 0.25) is 5.91 Å². The molecule has 0 radical (unpaired) electrons. The molecule has 1 fully saturated rings. The first kappa shape index (κ1) is 20.7. The van der Waals surface area contributed by atoms with E-state index in [2.05, 4.69) is 5.32 Å². The maximum Gasteiger partial charge on any atom is 0.253 e. The number of benzene rings is 2. The molecule has 0 saturated carbocycles. The van der Waals surface area contributed by atoms with Crippen LogP contribution in [0, 0.1) is 5.92 Å². The molecule has 29 heavy (non-hydrogen) atoms. The summed E-state index contributed by atoms with van der Waals surface area (Å²) in [7, 11) is 1.58. The van der Waals surface area contributed by atoms with Gasteiger partial charge < -0.3 is 19.7 Å². The number of piperidine rings is 1. The molecular formula is C23H28N2O4. The molecule has 2 amide bonds. The van der Waals surface area contributed by atoms with Crippen molar-refractivity contribution < 1.29 is 19.1 Å². The first-order chi connectivity index (χ1) is 14.0. The molecule has 1 saturated heterocycles. The van der Waals surface area contributed by atoms with Crippen molar-refractivity contribution in [1.29, 1.82) is 0 Å². The molecule has 0 aromatic heterocycles. The van der Waals surface area contributed by atoms with Gasteiger partial charge in [-0.2, -0.15) is 0 Å². The summed E-state index contributed by atoms with van der Waals surface area (Å²) in [5.41, 5.74) is 1.29. The summed E-state index contributed by atoms with van der Waals surface area (Å²) < 4.78 is 11.0. The van der Waals surface area contributed by atoms with E-state index in [1.54, 1.807) is 24.1 Å². The number of anilines is 1. The van der Waals surface area contributed by atoms with Gasteiger partial charge in [0.25, 0.3) is 5.91 Å². The largest absolute Gasteiger partial charge is 0.497 e. The predicted octanol–water partition coefficient (Wildman–Crippen LogP) is 3.97. The van der Waals surface area contributed by atoms with Crippen molar-refractivity contribution in [3.05, 3.63) is 54.1 Å². The van der Waals surface area contributed by atoms with Gasteiger partial charge in [-0.05, 0) is 57.0 Å². The van der Waals surface area contributed by atoms with Crippen LogP contribution in [0.5, 0.6) is 11.5 Å². The molecule has 6 nitrogen and oxygen atoms in total. The summed E-state index contributed by atoms with van der Waals surface area (Å²) in [6.45, 7) is 5.01. The molecule has 0 unspecified atom stereocenters. The van der Waals surface area contributed by atoms with Crippen LogP contribution in [0.15, 0.2) is 48.5 Å². The summed E-state index contributed by atoms with van der Waals surface area (Å²) in [5.74, 6) is 1.14. The topological polar surface area (TPSA) is 67.9 Å². The molecular weight excluding hydrogens is 368 g/mol. The number of nitrogens with one attached hydrogen (secondary N) is 1. The third-order valence-corrected chi connectivity index (χ3v) is 4.98. The lowest BCUT2D eigenvalue weighted by Crippen LogP contribution is -2.41. The fraction of sp³-hybridized carbons (Fsp3) is 0.391. The van der Waals surface area contributed by atoms with Gasteiger partial charge in [0.05, 0.1) is 18.9 Å². The molecule has 2 aromatic rings. The summed E-state index contributed by atoms with van der Waals surface area (Å²) in [5, 5.41) is 2.99. The molecule has 154 valence electrons. The van der Waals surface area contributed by atoms with Crippen LogP contribution in [0.4, 0.5) is 5.69 Å². The molecule has 2 aromatic carbocycles. The van der Waals surface area contributed by atoms with E-state index in [9.17, 15) is 9.59 Å². The number of para-hydroxylation sites is 2. The van der Waals surface area contributed by atoms with E-state index in [1.165, 1.54) is 0 Å². The van der Waals surface area contributed by atoms with Crippen LogP contribution >= 0.6 is 0 Å². The first-order valence-corrected chi connectivity index (χ1v) is 9.98. The maximum absolute atomic E-state index is 12.7. The minimum atomic E-state index is -0.128. The Labute approximate surface area is 171 Å². The normalized spacial score (nSPS) is 14.6. The highest BCUT2D eigenvalue weighted by Crippen LogP contribution is 2.27. The van der Waals surface area contributed by atoms with Crippen LogP contribution in [0.3, 0.4) is 0 Å². The van der Waals surface area contributed by atoms with Crippen LogP contribution in [0.1, 0.15) is 37.0 Å². The summed E-state index contributed by atoms with van der Waals surface area (Å²) in [6, 6.07) is 14.6. The lowest BCUT2D eigenvalue weighted by Gasteiger charge is -2.31. The standard InChI is InChI=1S/C23H28N2O4/c1-16(2)29-21-10-5-4-9-20(21)24-22(26)17-11-13-25(14-12-17)23(27)18-7-6-8-19(15-18)28-3/h4-10,15-17H,11-14H2,1-3H3,(H,24,26). The number of likely N-dealkylation sites (tertiary alicyclic amines) is 1. The van der Waals surface area contributed by atoms with E-state index in [4.69, 9.17) is 9.47 Å². The molecule has 1 aliphatic heterocycles. The van der Waals surface area contributed by atoms with E-state index in [-0.39, 0.29) is 23.8 Å². The highest BCUT2D eigenvalue weighted by molar-refractivity contribution is 5.96. The Bertz CT molecular complexity index is 857. The van der Waals surface area contributed by atoms with Crippen LogP contribution in [0.25, 0.3) is 0 Å². The zero-order chi connectivity index (χ0) is 20.8. The van der Waals surface area contributed by atoms with Gasteiger partial charge in [-0.25, -0.2) is 0 Å². The highest BCUT2D eigenvalue weighted by atomic mass is 16.5. The Morgan fingerprint density at radius 1 is 1.07 bits per heavy atom. The molecule has 3 rings (SSSR count). The van der Waals surface area contributed by atoms with E-state index >= 15 is 0 Å². The number of hydrogen-bond donors (Lipinski definition) is 1. The van der Waals surface area contributed by atoms with E-state index < -0.39 is 0 Å². The Morgan fingerprint density at radius 3 is 2.48 bits per heavy atom. The van der Waals surface area contributed by atoms with Crippen LogP contribution < -0.4 is 14.8 Å². The van der Waals surface area contributed by atoms with Gasteiger partial charge in [-0.1, -0.05) is 18.2 Å². The molecule has 0 spiro atoms. The van der Waals surface area contributed by atoms with Crippen LogP contribution in [-0.2, 0) is 4.79 Å². The number of carbonyl (C=O) groups excluding carboxylic acids is 2. The smallest absolute Gasteiger partial charge is 0.253 e. The van der Waals surface area contributed by atoms with Crippen molar-refractivity contribution in [3.8, 4) is 11.5 Å². The number of rotatable bonds is 6. The van der Waals surface area contributed by atoms with E-state index in [1.807, 2.05) is 50.2 Å². The number of ether oxygens (including phenoxy) is 2. The predicted molar refractivity (Wildman–Crippen MR) is 112 cm³/mol. The average Bonchev–Trinajstić information content (AvgIpc) is 2.74. The number of hydrogen-bond acceptors (Lipinski definition) is 4. The number of carbonyl (C=O) groups is 2. The van der Waals surface area contributed by atoms with Crippen molar-refractivity contribution in [1.82, 2.24) is 4.90 Å². The second kappa shape index (κ2) is 9.45. The zero-order valence-corrected chi connectivity index (χ0v) is 17.2. The highest BCUT2D eigenvalue weighted by Gasteiger charge is 2.28. The molecule has 0 aliphatic carbocycles. The Balaban J connectivity index is 1.58. The molecule has 1 heterocycles. The Morgan fingerprint density at radius 2 is 1.79 bits per heavy atom. The fourth-order valence-electron chi connectivity index (χ4n) is 3.44. The monoisotopic (exact) mass is 396 g/mol. The second-order valence-electron chi connectivity index (χ2n) is 7.45. The van der Waals surface area contributed by atoms with Gasteiger partial charge in [-0.15, -0.1) is 0 Å². The van der Waals surface area contributed by atoms with Gasteiger partial charge in [0.1, 0.15) is 11.5 Å². The second-order valence-corrected chi connectivity index (χ2v) is 7.45. The number of amides is 2. The summed E-state index contributed by atoms with van der Waals surface area (Å²) in [6.07, 6.45) is 1.29. The third-order valence-electron chi connectivity index (χ3n) is 4.98.